The van der Waals surface area contributed by atoms with E-state index in [4.69, 9.17) is 0 Å². The number of carboxylic acid groups (broad SMARTS) is 1. The molecule has 4 nitrogen and oxygen atoms in total. The number of rotatable bonds is 6. The van der Waals surface area contributed by atoms with Crippen molar-refractivity contribution < 1.29 is 9.90 Å². The number of aliphatic carboxylic acids is 1. The Hall–Kier alpha value is -0.610. The lowest BCUT2D eigenvalue weighted by atomic mass is 9.95. The molecular weight excluding hydrogens is 216 g/mol. The zero-order valence-corrected chi connectivity index (χ0v) is 10.9. The van der Waals surface area contributed by atoms with E-state index < -0.39 is 5.97 Å². The Balaban J connectivity index is 1.92. The van der Waals surface area contributed by atoms with E-state index in [-0.39, 0.29) is 11.6 Å². The summed E-state index contributed by atoms with van der Waals surface area (Å²) >= 11 is 0. The van der Waals surface area contributed by atoms with Crippen LogP contribution in [0.1, 0.15) is 38.5 Å². The van der Waals surface area contributed by atoms with Crippen LogP contribution in [0.2, 0.25) is 0 Å². The largest absolute Gasteiger partial charge is 0.480 e. The van der Waals surface area contributed by atoms with Gasteiger partial charge in [0, 0.05) is 12.1 Å². The van der Waals surface area contributed by atoms with Crippen molar-refractivity contribution in [1.82, 2.24) is 10.2 Å². The third-order valence-electron chi connectivity index (χ3n) is 4.49. The third-order valence-corrected chi connectivity index (χ3v) is 4.49. The molecule has 2 rings (SSSR count). The minimum absolute atomic E-state index is 0.183. The molecule has 2 aliphatic carbocycles. The molecule has 2 aliphatic rings. The van der Waals surface area contributed by atoms with Gasteiger partial charge in [-0.2, -0.15) is 0 Å². The highest BCUT2D eigenvalue weighted by Crippen LogP contribution is 2.35. The van der Waals surface area contributed by atoms with Gasteiger partial charge in [-0.1, -0.05) is 12.8 Å². The molecule has 0 aromatic carbocycles. The average molecular weight is 240 g/mol. The van der Waals surface area contributed by atoms with E-state index in [9.17, 15) is 9.90 Å². The monoisotopic (exact) mass is 240 g/mol. The molecule has 2 fully saturated rings. The van der Waals surface area contributed by atoms with Crippen molar-refractivity contribution in [3.63, 3.8) is 0 Å². The molecule has 2 saturated carbocycles. The van der Waals surface area contributed by atoms with Gasteiger partial charge in [-0.25, -0.2) is 0 Å². The zero-order valence-electron chi connectivity index (χ0n) is 10.9. The van der Waals surface area contributed by atoms with Crippen molar-refractivity contribution in [3.8, 4) is 0 Å². The Morgan fingerprint density at radius 3 is 2.41 bits per heavy atom. The highest BCUT2D eigenvalue weighted by molar-refractivity contribution is 5.74. The van der Waals surface area contributed by atoms with Gasteiger partial charge in [0.25, 0.3) is 0 Å². The van der Waals surface area contributed by atoms with Crippen LogP contribution < -0.4 is 5.32 Å². The summed E-state index contributed by atoms with van der Waals surface area (Å²) in [6.45, 7) is 0.813. The maximum Gasteiger partial charge on any atom is 0.320 e. The molecule has 0 bridgehead atoms. The molecule has 0 amide bonds. The van der Waals surface area contributed by atoms with Crippen LogP contribution in [-0.2, 0) is 4.79 Å². The first-order chi connectivity index (χ1) is 8.05. The predicted molar refractivity (Wildman–Crippen MR) is 67.0 cm³/mol. The number of nitrogens with one attached hydrogen (secondary N) is 1. The number of hydrogen-bond acceptors (Lipinski definition) is 3. The van der Waals surface area contributed by atoms with Crippen molar-refractivity contribution in [1.29, 1.82) is 0 Å². The van der Waals surface area contributed by atoms with E-state index in [1.165, 1.54) is 25.7 Å². The van der Waals surface area contributed by atoms with Crippen molar-refractivity contribution >= 4 is 5.97 Å². The van der Waals surface area contributed by atoms with Gasteiger partial charge in [0.05, 0.1) is 0 Å². The lowest BCUT2D eigenvalue weighted by molar-refractivity contribution is -0.140. The molecule has 1 atom stereocenters. The van der Waals surface area contributed by atoms with Crippen molar-refractivity contribution in [2.24, 2.45) is 5.92 Å². The van der Waals surface area contributed by atoms with Crippen LogP contribution in [0.3, 0.4) is 0 Å². The van der Waals surface area contributed by atoms with Gasteiger partial charge in [-0.05, 0) is 45.7 Å². The van der Waals surface area contributed by atoms with E-state index >= 15 is 0 Å². The second kappa shape index (κ2) is 4.94. The molecule has 2 N–H and O–H groups in total. The van der Waals surface area contributed by atoms with Gasteiger partial charge in [0.2, 0.25) is 0 Å². The van der Waals surface area contributed by atoms with Gasteiger partial charge in [0.1, 0.15) is 6.04 Å². The SMILES string of the molecule is CN(C)C1(CNC(C(=O)O)C2CC2)CCCC1. The Labute approximate surface area is 103 Å². The molecule has 0 spiro atoms. The molecule has 0 aromatic heterocycles. The highest BCUT2D eigenvalue weighted by Gasteiger charge is 2.40. The molecule has 0 heterocycles. The summed E-state index contributed by atoms with van der Waals surface area (Å²) < 4.78 is 0. The average Bonchev–Trinajstić information content (AvgIpc) is 2.96. The zero-order chi connectivity index (χ0) is 12.5. The summed E-state index contributed by atoms with van der Waals surface area (Å²) in [5.41, 5.74) is 0.183. The van der Waals surface area contributed by atoms with Crippen molar-refractivity contribution in [3.05, 3.63) is 0 Å². The summed E-state index contributed by atoms with van der Waals surface area (Å²) in [5, 5.41) is 12.5. The second-order valence-corrected chi connectivity index (χ2v) is 5.86. The van der Waals surface area contributed by atoms with E-state index in [0.29, 0.717) is 5.92 Å². The number of carboxylic acids is 1. The fourth-order valence-electron chi connectivity index (χ4n) is 3.00. The Bertz CT molecular complexity index is 281. The molecular formula is C13H24N2O2. The van der Waals surface area contributed by atoms with Gasteiger partial charge in [-0.15, -0.1) is 0 Å². The highest BCUT2D eigenvalue weighted by atomic mass is 16.4. The molecule has 17 heavy (non-hydrogen) atoms. The first-order valence-corrected chi connectivity index (χ1v) is 6.69. The van der Waals surface area contributed by atoms with Gasteiger partial charge >= 0.3 is 5.97 Å². The van der Waals surface area contributed by atoms with Crippen LogP contribution >= 0.6 is 0 Å². The summed E-state index contributed by atoms with van der Waals surface area (Å²) in [7, 11) is 4.22. The lowest BCUT2D eigenvalue weighted by Gasteiger charge is -2.37. The topological polar surface area (TPSA) is 52.6 Å². The van der Waals surface area contributed by atoms with Crippen molar-refractivity contribution in [2.45, 2.75) is 50.1 Å². The fraction of sp³-hybridized carbons (Fsp3) is 0.923. The van der Waals surface area contributed by atoms with Gasteiger partial charge in [-0.3, -0.25) is 4.79 Å². The van der Waals surface area contributed by atoms with Crippen LogP contribution in [0.5, 0.6) is 0 Å². The second-order valence-electron chi connectivity index (χ2n) is 5.86. The number of nitrogens with zero attached hydrogens (tertiary/aromatic N) is 1. The van der Waals surface area contributed by atoms with Gasteiger partial charge in [0.15, 0.2) is 0 Å². The minimum atomic E-state index is -0.681. The third kappa shape index (κ3) is 2.80. The smallest absolute Gasteiger partial charge is 0.320 e. The van der Waals surface area contributed by atoms with Crippen LogP contribution in [0.15, 0.2) is 0 Å². The quantitative estimate of drug-likeness (QED) is 0.735. The Kier molecular flexibility index (Phi) is 3.73. The molecule has 0 saturated heterocycles. The molecule has 4 heteroatoms. The van der Waals surface area contributed by atoms with E-state index in [1.54, 1.807) is 0 Å². The number of hydrogen-bond donors (Lipinski definition) is 2. The summed E-state index contributed by atoms with van der Waals surface area (Å²) in [4.78, 5) is 13.5. The molecule has 0 radical (unpaired) electrons. The summed E-state index contributed by atoms with van der Waals surface area (Å²) in [6.07, 6.45) is 7.04. The minimum Gasteiger partial charge on any atom is -0.480 e. The molecule has 0 aliphatic heterocycles. The molecule has 1 unspecified atom stereocenters. The standard InChI is InChI=1S/C13H24N2O2/c1-15(2)13(7-3-4-8-13)9-14-11(12(16)17)10-5-6-10/h10-11,14H,3-9H2,1-2H3,(H,16,17). The first-order valence-electron chi connectivity index (χ1n) is 6.69. The van der Waals surface area contributed by atoms with Crippen LogP contribution in [0, 0.1) is 5.92 Å². The normalized spacial score (nSPS) is 25.1. The lowest BCUT2D eigenvalue weighted by Crippen LogP contribution is -2.53. The fourth-order valence-corrected chi connectivity index (χ4v) is 3.00. The van der Waals surface area contributed by atoms with Crippen LogP contribution in [0.4, 0.5) is 0 Å². The van der Waals surface area contributed by atoms with Gasteiger partial charge < -0.3 is 15.3 Å². The Morgan fingerprint density at radius 1 is 1.41 bits per heavy atom. The maximum absolute atomic E-state index is 11.2. The van der Waals surface area contributed by atoms with Crippen molar-refractivity contribution in [2.75, 3.05) is 20.6 Å². The number of likely N-dealkylation sites (N-methyl/N-ethyl adjacent to an activating group) is 1. The first kappa shape index (κ1) is 12.8. The summed E-state index contributed by atoms with van der Waals surface area (Å²) in [6, 6.07) is -0.326. The molecule has 0 aromatic rings. The molecule has 98 valence electrons. The summed E-state index contributed by atoms with van der Waals surface area (Å²) in [5.74, 6) is -0.312. The maximum atomic E-state index is 11.2. The predicted octanol–water partition coefficient (Wildman–Crippen LogP) is 1.31. The van der Waals surface area contributed by atoms with E-state index in [1.807, 2.05) is 0 Å². The van der Waals surface area contributed by atoms with E-state index in [0.717, 1.165) is 19.4 Å². The number of carbonyl (C=O) groups is 1. The van der Waals surface area contributed by atoms with Crippen LogP contribution in [-0.4, -0.2) is 48.2 Å². The van der Waals surface area contributed by atoms with E-state index in [2.05, 4.69) is 24.3 Å². The van der Waals surface area contributed by atoms with Crippen LogP contribution in [0.25, 0.3) is 0 Å². The Morgan fingerprint density at radius 2 is 2.00 bits per heavy atom.